The van der Waals surface area contributed by atoms with Crippen LogP contribution in [0.4, 0.5) is 11.4 Å². The van der Waals surface area contributed by atoms with Crippen LogP contribution in [0.25, 0.3) is 11.4 Å². The molecule has 0 fully saturated rings. The zero-order valence-corrected chi connectivity index (χ0v) is 20.6. The monoisotopic (exact) mass is 471 g/mol. The summed E-state index contributed by atoms with van der Waals surface area (Å²) >= 11 is 11.7. The molecule has 1 N–H and O–H groups in total. The van der Waals surface area contributed by atoms with Crippen LogP contribution in [0.2, 0.25) is 5.02 Å². The van der Waals surface area contributed by atoms with E-state index in [1.165, 1.54) is 0 Å². The van der Waals surface area contributed by atoms with E-state index in [1.807, 2.05) is 66.9 Å². The second-order valence-corrected chi connectivity index (χ2v) is 8.83. The molecule has 0 unspecified atom stereocenters. The molecular formula is C24H30ClN5OS. The Bertz CT molecular complexity index is 1130. The number of rotatable bonds is 9. The van der Waals surface area contributed by atoms with Crippen molar-refractivity contribution in [3.05, 3.63) is 57.8 Å². The second kappa shape index (κ2) is 10.8. The van der Waals surface area contributed by atoms with Gasteiger partial charge >= 0.3 is 0 Å². The number of anilines is 2. The number of nitrogens with one attached hydrogen (secondary N) is 1. The van der Waals surface area contributed by atoms with E-state index in [-0.39, 0.29) is 12.3 Å². The van der Waals surface area contributed by atoms with Crippen molar-refractivity contribution in [2.24, 2.45) is 0 Å². The van der Waals surface area contributed by atoms with Crippen LogP contribution in [-0.2, 0) is 17.9 Å². The highest BCUT2D eigenvalue weighted by atomic mass is 35.5. The average molecular weight is 472 g/mol. The fourth-order valence-electron chi connectivity index (χ4n) is 3.40. The minimum Gasteiger partial charge on any atom is -0.378 e. The molecule has 8 heteroatoms. The van der Waals surface area contributed by atoms with Crippen molar-refractivity contribution in [3.8, 4) is 11.4 Å². The van der Waals surface area contributed by atoms with Crippen molar-refractivity contribution in [2.45, 2.75) is 46.2 Å². The number of aromatic nitrogens is 3. The van der Waals surface area contributed by atoms with Gasteiger partial charge in [0, 0.05) is 49.0 Å². The molecule has 6 nitrogen and oxygen atoms in total. The summed E-state index contributed by atoms with van der Waals surface area (Å²) in [5, 5.41) is 8.42. The molecule has 0 aliphatic rings. The number of benzene rings is 2. The Morgan fingerprint density at radius 1 is 1.16 bits per heavy atom. The summed E-state index contributed by atoms with van der Waals surface area (Å²) in [4.78, 5) is 14.7. The van der Waals surface area contributed by atoms with E-state index in [1.54, 1.807) is 4.68 Å². The summed E-state index contributed by atoms with van der Waals surface area (Å²) in [6.45, 7) is 5.34. The maximum Gasteiger partial charge on any atom is 0.226 e. The largest absolute Gasteiger partial charge is 0.378 e. The van der Waals surface area contributed by atoms with E-state index in [2.05, 4.69) is 18.3 Å². The van der Waals surface area contributed by atoms with E-state index < -0.39 is 0 Å². The molecule has 1 heterocycles. The summed E-state index contributed by atoms with van der Waals surface area (Å²) in [7, 11) is 3.99. The number of carbonyl (C=O) groups is 1. The standard InChI is InChI=1S/C24H30ClN5OS/c1-5-6-14-29-23(18-7-9-19(25)10-8-18)27-30(24(29)32)15-13-22(31)26-21-12-11-20(28(3)4)16-17(21)2/h7-12,16H,5-6,13-15H2,1-4H3,(H,26,31). The van der Waals surface area contributed by atoms with Crippen LogP contribution in [0.1, 0.15) is 31.7 Å². The van der Waals surface area contributed by atoms with Gasteiger partial charge in [-0.3, -0.25) is 9.36 Å². The lowest BCUT2D eigenvalue weighted by atomic mass is 10.1. The Kier molecular flexibility index (Phi) is 8.10. The van der Waals surface area contributed by atoms with Crippen LogP contribution in [-0.4, -0.2) is 34.4 Å². The molecule has 0 bridgehead atoms. The third-order valence-corrected chi connectivity index (χ3v) is 5.99. The van der Waals surface area contributed by atoms with Crippen molar-refractivity contribution < 1.29 is 4.79 Å². The van der Waals surface area contributed by atoms with Crippen LogP contribution in [0.5, 0.6) is 0 Å². The van der Waals surface area contributed by atoms with E-state index in [9.17, 15) is 4.79 Å². The molecule has 0 atom stereocenters. The van der Waals surface area contributed by atoms with Crippen LogP contribution in [0, 0.1) is 11.7 Å². The fourth-order valence-corrected chi connectivity index (χ4v) is 3.84. The second-order valence-electron chi connectivity index (χ2n) is 8.03. The number of carbonyl (C=O) groups excluding carboxylic acids is 1. The molecule has 32 heavy (non-hydrogen) atoms. The number of unbranched alkanes of at least 4 members (excludes halogenated alkanes) is 1. The van der Waals surface area contributed by atoms with Gasteiger partial charge in [0.15, 0.2) is 10.6 Å². The number of amides is 1. The molecule has 0 radical (unpaired) electrons. The van der Waals surface area contributed by atoms with Gasteiger partial charge in [0.2, 0.25) is 5.91 Å². The number of aryl methyl sites for hydroxylation is 2. The van der Waals surface area contributed by atoms with Gasteiger partial charge in [-0.05, 0) is 73.6 Å². The number of halogens is 1. The maximum atomic E-state index is 12.6. The minimum absolute atomic E-state index is 0.0660. The third kappa shape index (κ3) is 5.78. The van der Waals surface area contributed by atoms with Crippen molar-refractivity contribution in [3.63, 3.8) is 0 Å². The first-order chi connectivity index (χ1) is 15.3. The Hall–Kier alpha value is -2.64. The Labute approximate surface area is 199 Å². The van der Waals surface area contributed by atoms with Gasteiger partial charge in [-0.1, -0.05) is 24.9 Å². The number of hydrogen-bond donors (Lipinski definition) is 1. The van der Waals surface area contributed by atoms with Gasteiger partial charge in [0.1, 0.15) is 0 Å². The normalized spacial score (nSPS) is 10.9. The summed E-state index contributed by atoms with van der Waals surface area (Å²) < 4.78 is 4.42. The van der Waals surface area contributed by atoms with Gasteiger partial charge in [0.25, 0.3) is 0 Å². The van der Waals surface area contributed by atoms with Gasteiger partial charge in [-0.25, -0.2) is 4.68 Å². The first-order valence-corrected chi connectivity index (χ1v) is 11.6. The molecule has 3 rings (SSSR count). The number of nitrogens with zero attached hydrogens (tertiary/aromatic N) is 4. The topological polar surface area (TPSA) is 55.1 Å². The zero-order valence-electron chi connectivity index (χ0n) is 19.1. The van der Waals surface area contributed by atoms with Crippen LogP contribution in [0.15, 0.2) is 42.5 Å². The molecule has 0 saturated carbocycles. The summed E-state index contributed by atoms with van der Waals surface area (Å²) in [5.41, 5.74) is 3.89. The smallest absolute Gasteiger partial charge is 0.226 e. The Morgan fingerprint density at radius 3 is 2.50 bits per heavy atom. The van der Waals surface area contributed by atoms with Crippen molar-refractivity contribution in [1.82, 2.24) is 14.3 Å². The highest BCUT2D eigenvalue weighted by Crippen LogP contribution is 2.23. The Balaban J connectivity index is 1.75. The minimum atomic E-state index is -0.0660. The van der Waals surface area contributed by atoms with Gasteiger partial charge in [0.05, 0.1) is 6.54 Å². The molecule has 2 aromatic carbocycles. The quantitative estimate of drug-likeness (QED) is 0.392. The molecule has 0 saturated heterocycles. The lowest BCUT2D eigenvalue weighted by Crippen LogP contribution is -2.16. The number of hydrogen-bond acceptors (Lipinski definition) is 4. The van der Waals surface area contributed by atoms with E-state index in [4.69, 9.17) is 28.9 Å². The maximum absolute atomic E-state index is 12.6. The summed E-state index contributed by atoms with van der Waals surface area (Å²) in [6.07, 6.45) is 2.35. The third-order valence-electron chi connectivity index (χ3n) is 5.31. The highest BCUT2D eigenvalue weighted by Gasteiger charge is 2.14. The SMILES string of the molecule is CCCCn1c(-c2ccc(Cl)cc2)nn(CCC(=O)Nc2ccc(N(C)C)cc2C)c1=S. The lowest BCUT2D eigenvalue weighted by molar-refractivity contribution is -0.116. The molecule has 1 aromatic heterocycles. The van der Waals surface area contributed by atoms with Crippen LogP contribution < -0.4 is 10.2 Å². The lowest BCUT2D eigenvalue weighted by Gasteiger charge is -2.15. The zero-order chi connectivity index (χ0) is 23.3. The van der Waals surface area contributed by atoms with Crippen molar-refractivity contribution in [1.29, 1.82) is 0 Å². The first-order valence-electron chi connectivity index (χ1n) is 10.8. The summed E-state index contributed by atoms with van der Waals surface area (Å²) in [5.74, 6) is 0.736. The van der Waals surface area contributed by atoms with E-state index in [0.717, 1.165) is 47.7 Å². The average Bonchev–Trinajstić information content (AvgIpc) is 3.08. The molecule has 3 aromatic rings. The van der Waals surface area contributed by atoms with Crippen LogP contribution in [0.3, 0.4) is 0 Å². The van der Waals surface area contributed by atoms with Gasteiger partial charge in [-0.15, -0.1) is 0 Å². The van der Waals surface area contributed by atoms with Gasteiger partial charge in [-0.2, -0.15) is 5.10 Å². The molecule has 1 amide bonds. The fraction of sp³-hybridized carbons (Fsp3) is 0.375. The predicted octanol–water partition coefficient (Wildman–Crippen LogP) is 5.94. The molecule has 170 valence electrons. The predicted molar refractivity (Wildman–Crippen MR) is 135 cm³/mol. The highest BCUT2D eigenvalue weighted by molar-refractivity contribution is 7.71. The molecule has 0 aliphatic carbocycles. The first kappa shape index (κ1) is 24.0. The molecule has 0 aliphatic heterocycles. The van der Waals surface area contributed by atoms with Crippen LogP contribution >= 0.6 is 23.8 Å². The van der Waals surface area contributed by atoms with E-state index in [0.29, 0.717) is 16.3 Å². The van der Waals surface area contributed by atoms with Crippen molar-refractivity contribution in [2.75, 3.05) is 24.3 Å². The van der Waals surface area contributed by atoms with Crippen molar-refractivity contribution >= 4 is 41.1 Å². The van der Waals surface area contributed by atoms with E-state index >= 15 is 0 Å². The van der Waals surface area contributed by atoms with Gasteiger partial charge < -0.3 is 10.2 Å². The Morgan fingerprint density at radius 2 is 1.88 bits per heavy atom. The molecule has 0 spiro atoms. The molecular weight excluding hydrogens is 442 g/mol. The summed E-state index contributed by atoms with van der Waals surface area (Å²) in [6, 6.07) is 13.6.